The van der Waals surface area contributed by atoms with Gasteiger partial charge in [-0.1, -0.05) is 18.2 Å². The highest BCUT2D eigenvalue weighted by atomic mass is 16.5. The summed E-state index contributed by atoms with van der Waals surface area (Å²) in [6.45, 7) is 2.65. The summed E-state index contributed by atoms with van der Waals surface area (Å²) in [4.78, 5) is 16.5. The number of carbonyl (C=O) groups is 1. The topological polar surface area (TPSA) is 50.6 Å². The molecular weight excluding hydrogens is 292 g/mol. The number of carbonyl (C=O) groups excluding carboxylic acids is 1. The number of rotatable bonds is 4. The van der Waals surface area contributed by atoms with Gasteiger partial charge in [-0.2, -0.15) is 5.10 Å². The summed E-state index contributed by atoms with van der Waals surface area (Å²) >= 11 is 0. The second kappa shape index (κ2) is 6.83. The Balaban J connectivity index is 1.59. The summed E-state index contributed by atoms with van der Waals surface area (Å²) in [5.41, 5.74) is 3.32. The minimum Gasteiger partial charge on any atom is -0.373 e. The van der Waals surface area contributed by atoms with Crippen molar-refractivity contribution < 1.29 is 9.53 Å². The molecule has 1 aliphatic heterocycles. The highest BCUT2D eigenvalue weighted by molar-refractivity contribution is 5.78. The molecule has 0 spiro atoms. The van der Waals surface area contributed by atoms with Gasteiger partial charge in [0, 0.05) is 45.6 Å². The average Bonchev–Trinajstić information content (AvgIpc) is 2.88. The van der Waals surface area contributed by atoms with Crippen molar-refractivity contribution in [3.05, 3.63) is 47.8 Å². The van der Waals surface area contributed by atoms with Gasteiger partial charge in [0.1, 0.15) is 6.61 Å². The van der Waals surface area contributed by atoms with Crippen molar-refractivity contribution in [2.75, 3.05) is 31.6 Å². The van der Waals surface area contributed by atoms with Crippen molar-refractivity contribution in [2.45, 2.75) is 13.2 Å². The van der Waals surface area contributed by atoms with E-state index in [-0.39, 0.29) is 12.5 Å². The molecule has 0 fully saturated rings. The van der Waals surface area contributed by atoms with Gasteiger partial charge in [0.05, 0.1) is 12.3 Å². The van der Waals surface area contributed by atoms with E-state index < -0.39 is 0 Å². The van der Waals surface area contributed by atoms with Gasteiger partial charge in [-0.05, 0) is 17.7 Å². The SMILES string of the molecule is CN1CCN(C(=O)COCc2ccnn2C)Cc2ccccc21. The lowest BCUT2D eigenvalue weighted by molar-refractivity contribution is -0.137. The fourth-order valence-electron chi connectivity index (χ4n) is 2.78. The Morgan fingerprint density at radius 2 is 2.04 bits per heavy atom. The summed E-state index contributed by atoms with van der Waals surface area (Å²) in [6.07, 6.45) is 1.72. The molecule has 0 atom stereocenters. The molecule has 1 aromatic heterocycles. The molecule has 2 heterocycles. The summed E-state index contributed by atoms with van der Waals surface area (Å²) < 4.78 is 7.32. The quantitative estimate of drug-likeness (QED) is 0.856. The number of hydrogen-bond donors (Lipinski definition) is 0. The van der Waals surface area contributed by atoms with E-state index in [2.05, 4.69) is 29.2 Å². The van der Waals surface area contributed by atoms with E-state index >= 15 is 0 Å². The van der Waals surface area contributed by atoms with Gasteiger partial charge in [0.15, 0.2) is 0 Å². The molecule has 6 nitrogen and oxygen atoms in total. The minimum atomic E-state index is 0.0253. The van der Waals surface area contributed by atoms with E-state index in [4.69, 9.17) is 4.74 Å². The number of nitrogens with zero attached hydrogens (tertiary/aromatic N) is 4. The average molecular weight is 314 g/mol. The number of ether oxygens (including phenoxy) is 1. The van der Waals surface area contributed by atoms with E-state index in [9.17, 15) is 4.79 Å². The minimum absolute atomic E-state index is 0.0253. The molecule has 0 bridgehead atoms. The molecule has 0 aliphatic carbocycles. The third-order valence-corrected chi connectivity index (χ3v) is 4.22. The van der Waals surface area contributed by atoms with E-state index in [1.54, 1.807) is 10.9 Å². The van der Waals surface area contributed by atoms with Gasteiger partial charge in [-0.25, -0.2) is 0 Å². The monoisotopic (exact) mass is 314 g/mol. The maximum Gasteiger partial charge on any atom is 0.248 e. The predicted octanol–water partition coefficient (Wildman–Crippen LogP) is 1.42. The number of benzene rings is 1. The summed E-state index contributed by atoms with van der Waals surface area (Å²) in [7, 11) is 3.92. The van der Waals surface area contributed by atoms with E-state index in [0.717, 1.165) is 12.2 Å². The van der Waals surface area contributed by atoms with Crippen LogP contribution in [0.25, 0.3) is 0 Å². The first-order valence-corrected chi connectivity index (χ1v) is 7.76. The molecule has 0 saturated carbocycles. The number of amides is 1. The first-order chi connectivity index (χ1) is 11.1. The highest BCUT2D eigenvalue weighted by Gasteiger charge is 2.21. The molecule has 122 valence electrons. The zero-order chi connectivity index (χ0) is 16.2. The number of likely N-dealkylation sites (N-methyl/N-ethyl adjacent to an activating group) is 1. The van der Waals surface area contributed by atoms with Crippen LogP contribution >= 0.6 is 0 Å². The molecule has 0 saturated heterocycles. The lowest BCUT2D eigenvalue weighted by Gasteiger charge is -2.21. The molecule has 6 heteroatoms. The smallest absolute Gasteiger partial charge is 0.248 e. The normalized spacial score (nSPS) is 14.5. The van der Waals surface area contributed by atoms with Crippen LogP contribution in [0.2, 0.25) is 0 Å². The zero-order valence-corrected chi connectivity index (χ0v) is 13.6. The summed E-state index contributed by atoms with van der Waals surface area (Å²) in [5.74, 6) is 0.0253. The number of fused-ring (bicyclic) bond motifs is 1. The maximum absolute atomic E-state index is 12.4. The molecule has 23 heavy (non-hydrogen) atoms. The molecule has 1 aromatic carbocycles. The van der Waals surface area contributed by atoms with Crippen LogP contribution in [0.4, 0.5) is 5.69 Å². The second-order valence-corrected chi connectivity index (χ2v) is 5.80. The lowest BCUT2D eigenvalue weighted by Crippen LogP contribution is -2.36. The number of para-hydroxylation sites is 1. The van der Waals surface area contributed by atoms with Gasteiger partial charge in [-0.3, -0.25) is 9.48 Å². The fourth-order valence-corrected chi connectivity index (χ4v) is 2.78. The molecule has 3 rings (SSSR count). The Bertz CT molecular complexity index is 683. The fraction of sp³-hybridized carbons (Fsp3) is 0.412. The largest absolute Gasteiger partial charge is 0.373 e. The second-order valence-electron chi connectivity index (χ2n) is 5.80. The van der Waals surface area contributed by atoms with E-state index in [0.29, 0.717) is 19.7 Å². The Morgan fingerprint density at radius 3 is 2.83 bits per heavy atom. The van der Waals surface area contributed by atoms with Crippen molar-refractivity contribution in [3.8, 4) is 0 Å². The van der Waals surface area contributed by atoms with Crippen LogP contribution in [0, 0.1) is 0 Å². The number of anilines is 1. The maximum atomic E-state index is 12.4. The van der Waals surface area contributed by atoms with Crippen LogP contribution in [-0.4, -0.2) is 47.3 Å². The summed E-state index contributed by atoms with van der Waals surface area (Å²) in [5, 5.41) is 4.09. The van der Waals surface area contributed by atoms with Crippen molar-refractivity contribution in [1.82, 2.24) is 14.7 Å². The van der Waals surface area contributed by atoms with Crippen LogP contribution in [0.3, 0.4) is 0 Å². The van der Waals surface area contributed by atoms with E-state index in [1.807, 2.05) is 30.1 Å². The van der Waals surface area contributed by atoms with Crippen LogP contribution in [0.15, 0.2) is 36.5 Å². The van der Waals surface area contributed by atoms with Crippen molar-refractivity contribution in [1.29, 1.82) is 0 Å². The molecular formula is C17H22N4O2. The standard InChI is InChI=1S/C17H22N4O2/c1-19-9-10-21(11-14-5-3-4-6-16(14)19)17(22)13-23-12-15-7-8-18-20(15)2/h3-8H,9-13H2,1-2H3. The third-order valence-electron chi connectivity index (χ3n) is 4.22. The van der Waals surface area contributed by atoms with Crippen LogP contribution in [0.1, 0.15) is 11.3 Å². The first kappa shape index (κ1) is 15.6. The van der Waals surface area contributed by atoms with Gasteiger partial charge < -0.3 is 14.5 Å². The predicted molar refractivity (Wildman–Crippen MR) is 88.0 cm³/mol. The molecule has 0 radical (unpaired) electrons. The van der Waals surface area contributed by atoms with Crippen molar-refractivity contribution >= 4 is 11.6 Å². The van der Waals surface area contributed by atoms with Crippen LogP contribution in [-0.2, 0) is 29.7 Å². The molecule has 1 aliphatic rings. The molecule has 1 amide bonds. The Morgan fingerprint density at radius 1 is 1.22 bits per heavy atom. The molecule has 0 unspecified atom stereocenters. The number of hydrogen-bond acceptors (Lipinski definition) is 4. The van der Waals surface area contributed by atoms with Crippen LogP contribution in [0.5, 0.6) is 0 Å². The lowest BCUT2D eigenvalue weighted by atomic mass is 10.1. The van der Waals surface area contributed by atoms with Gasteiger partial charge >= 0.3 is 0 Å². The number of aromatic nitrogens is 2. The Hall–Kier alpha value is -2.34. The zero-order valence-electron chi connectivity index (χ0n) is 13.6. The van der Waals surface area contributed by atoms with Crippen molar-refractivity contribution in [2.24, 2.45) is 7.05 Å². The number of aryl methyl sites for hydroxylation is 1. The van der Waals surface area contributed by atoms with Gasteiger partial charge in [0.2, 0.25) is 5.91 Å². The highest BCUT2D eigenvalue weighted by Crippen LogP contribution is 2.23. The van der Waals surface area contributed by atoms with Gasteiger partial charge in [-0.15, -0.1) is 0 Å². The Labute approximate surface area is 136 Å². The van der Waals surface area contributed by atoms with Crippen molar-refractivity contribution in [3.63, 3.8) is 0 Å². The van der Waals surface area contributed by atoms with E-state index in [1.165, 1.54) is 11.3 Å². The first-order valence-electron chi connectivity index (χ1n) is 7.76. The third kappa shape index (κ3) is 3.53. The Kier molecular flexibility index (Phi) is 4.62. The summed E-state index contributed by atoms with van der Waals surface area (Å²) in [6, 6.07) is 10.1. The van der Waals surface area contributed by atoms with Crippen LogP contribution < -0.4 is 4.90 Å². The van der Waals surface area contributed by atoms with Gasteiger partial charge in [0.25, 0.3) is 0 Å². The molecule has 2 aromatic rings. The molecule has 0 N–H and O–H groups in total.